The van der Waals surface area contributed by atoms with Crippen LogP contribution in [0.25, 0.3) is 5.76 Å². The first-order chi connectivity index (χ1) is 15.5. The highest BCUT2D eigenvalue weighted by molar-refractivity contribution is 6.46. The van der Waals surface area contributed by atoms with Gasteiger partial charge in [0, 0.05) is 24.5 Å². The summed E-state index contributed by atoms with van der Waals surface area (Å²) in [6.45, 7) is 0.121. The molecule has 1 aromatic heterocycles. The minimum atomic E-state index is -0.976. The van der Waals surface area contributed by atoms with Gasteiger partial charge in [-0.2, -0.15) is 0 Å². The van der Waals surface area contributed by atoms with Crippen molar-refractivity contribution in [2.24, 2.45) is 0 Å². The molecule has 5 rings (SSSR count). The maximum absolute atomic E-state index is 14.1. The summed E-state index contributed by atoms with van der Waals surface area (Å²) in [5, 5.41) is 11.1. The molecule has 160 valence electrons. The SMILES string of the molecule is O=C1C(=O)N(Cc2cccnc2)C(c2cccc(F)c2)C1=C(O)c1ccc2c(c1)OCO2. The number of rotatable bonds is 4. The van der Waals surface area contributed by atoms with Crippen LogP contribution in [0.4, 0.5) is 4.39 Å². The molecule has 0 aliphatic carbocycles. The Balaban J connectivity index is 1.65. The van der Waals surface area contributed by atoms with E-state index >= 15 is 0 Å². The molecule has 8 heteroatoms. The second-order valence-electron chi connectivity index (χ2n) is 7.41. The second kappa shape index (κ2) is 7.81. The van der Waals surface area contributed by atoms with Crippen LogP contribution >= 0.6 is 0 Å². The molecule has 2 aliphatic rings. The minimum absolute atomic E-state index is 0.0539. The molecule has 1 atom stereocenters. The highest BCUT2D eigenvalue weighted by Gasteiger charge is 2.46. The Morgan fingerprint density at radius 1 is 1.09 bits per heavy atom. The number of ketones is 1. The molecule has 0 bridgehead atoms. The number of carbonyl (C=O) groups is 2. The van der Waals surface area contributed by atoms with E-state index in [9.17, 15) is 19.1 Å². The lowest BCUT2D eigenvalue weighted by Crippen LogP contribution is -2.29. The summed E-state index contributed by atoms with van der Waals surface area (Å²) in [4.78, 5) is 31.4. The third-order valence-electron chi connectivity index (χ3n) is 5.43. The molecule has 1 fully saturated rings. The Bertz CT molecular complexity index is 1260. The van der Waals surface area contributed by atoms with Gasteiger partial charge in [-0.05, 0) is 47.5 Å². The highest BCUT2D eigenvalue weighted by Crippen LogP contribution is 2.42. The first-order valence-electron chi connectivity index (χ1n) is 9.86. The predicted molar refractivity (Wildman–Crippen MR) is 111 cm³/mol. The zero-order chi connectivity index (χ0) is 22.2. The molecular formula is C24H17FN2O5. The van der Waals surface area contributed by atoms with Gasteiger partial charge in [-0.15, -0.1) is 0 Å². The van der Waals surface area contributed by atoms with Gasteiger partial charge in [0.25, 0.3) is 11.7 Å². The van der Waals surface area contributed by atoms with E-state index in [1.807, 2.05) is 0 Å². The monoisotopic (exact) mass is 432 g/mol. The molecule has 3 heterocycles. The average Bonchev–Trinajstić information content (AvgIpc) is 3.37. The zero-order valence-electron chi connectivity index (χ0n) is 16.7. The summed E-state index contributed by atoms with van der Waals surface area (Å²) in [5.41, 5.74) is 1.23. The molecule has 32 heavy (non-hydrogen) atoms. The fourth-order valence-corrected chi connectivity index (χ4v) is 3.95. The van der Waals surface area contributed by atoms with Crippen molar-refractivity contribution in [1.82, 2.24) is 9.88 Å². The third-order valence-corrected chi connectivity index (χ3v) is 5.43. The van der Waals surface area contributed by atoms with Crippen molar-refractivity contribution in [1.29, 1.82) is 0 Å². The van der Waals surface area contributed by atoms with Crippen molar-refractivity contribution in [3.8, 4) is 11.5 Å². The zero-order valence-corrected chi connectivity index (χ0v) is 16.7. The lowest BCUT2D eigenvalue weighted by atomic mass is 9.95. The third kappa shape index (κ3) is 3.35. The predicted octanol–water partition coefficient (Wildman–Crippen LogP) is 3.57. The van der Waals surface area contributed by atoms with Gasteiger partial charge in [0.05, 0.1) is 11.6 Å². The van der Waals surface area contributed by atoms with Crippen LogP contribution in [0.5, 0.6) is 11.5 Å². The van der Waals surface area contributed by atoms with Crippen LogP contribution in [-0.4, -0.2) is 33.5 Å². The molecule has 1 saturated heterocycles. The topological polar surface area (TPSA) is 89.0 Å². The van der Waals surface area contributed by atoms with E-state index in [1.165, 1.54) is 29.2 Å². The quantitative estimate of drug-likeness (QED) is 0.385. The van der Waals surface area contributed by atoms with E-state index in [1.54, 1.807) is 42.7 Å². The Hall–Kier alpha value is -4.20. The van der Waals surface area contributed by atoms with Crippen molar-refractivity contribution in [3.05, 3.63) is 95.1 Å². The number of ether oxygens (including phenoxy) is 2. The summed E-state index contributed by atoms with van der Waals surface area (Å²) < 4.78 is 24.7. The fraction of sp³-hybridized carbons (Fsp3) is 0.125. The van der Waals surface area contributed by atoms with Crippen molar-refractivity contribution in [2.75, 3.05) is 6.79 Å². The number of benzene rings is 2. The van der Waals surface area contributed by atoms with Gasteiger partial charge in [-0.1, -0.05) is 18.2 Å². The molecule has 1 N–H and O–H groups in total. The van der Waals surface area contributed by atoms with Crippen molar-refractivity contribution in [3.63, 3.8) is 0 Å². The lowest BCUT2D eigenvalue weighted by Gasteiger charge is -2.25. The van der Waals surface area contributed by atoms with E-state index in [2.05, 4.69) is 4.98 Å². The number of aromatic nitrogens is 1. The molecule has 1 unspecified atom stereocenters. The number of pyridine rings is 1. The van der Waals surface area contributed by atoms with Crippen LogP contribution in [0.3, 0.4) is 0 Å². The van der Waals surface area contributed by atoms with Gasteiger partial charge < -0.3 is 19.5 Å². The summed E-state index contributed by atoms with van der Waals surface area (Å²) in [5.74, 6) is -1.59. The Labute approximate surface area is 182 Å². The Morgan fingerprint density at radius 3 is 2.72 bits per heavy atom. The van der Waals surface area contributed by atoms with Crippen LogP contribution < -0.4 is 9.47 Å². The summed E-state index contributed by atoms with van der Waals surface area (Å²) >= 11 is 0. The summed E-state index contributed by atoms with van der Waals surface area (Å²) in [6, 6.07) is 12.9. The number of aliphatic hydroxyl groups excluding tert-OH is 1. The van der Waals surface area contributed by atoms with Crippen LogP contribution in [0.1, 0.15) is 22.7 Å². The van der Waals surface area contributed by atoms with Gasteiger partial charge >= 0.3 is 0 Å². The number of carbonyl (C=O) groups excluding carboxylic acids is 2. The molecular weight excluding hydrogens is 415 g/mol. The average molecular weight is 432 g/mol. The summed E-state index contributed by atoms with van der Waals surface area (Å²) in [6.07, 6.45) is 3.18. The Morgan fingerprint density at radius 2 is 1.94 bits per heavy atom. The highest BCUT2D eigenvalue weighted by atomic mass is 19.1. The largest absolute Gasteiger partial charge is 0.507 e. The number of aliphatic hydroxyl groups is 1. The summed E-state index contributed by atoms with van der Waals surface area (Å²) in [7, 11) is 0. The van der Waals surface area contributed by atoms with Gasteiger partial charge in [-0.25, -0.2) is 4.39 Å². The van der Waals surface area contributed by atoms with Crippen molar-refractivity contribution >= 4 is 17.4 Å². The Kier molecular flexibility index (Phi) is 4.82. The van der Waals surface area contributed by atoms with Gasteiger partial charge in [0.15, 0.2) is 11.5 Å². The van der Waals surface area contributed by atoms with Gasteiger partial charge in [0.2, 0.25) is 6.79 Å². The van der Waals surface area contributed by atoms with E-state index < -0.39 is 23.5 Å². The number of likely N-dealkylation sites (tertiary alicyclic amines) is 1. The molecule has 0 radical (unpaired) electrons. The van der Waals surface area contributed by atoms with E-state index in [0.29, 0.717) is 22.6 Å². The number of hydrogen-bond donors (Lipinski definition) is 1. The van der Waals surface area contributed by atoms with Crippen molar-refractivity contribution < 1.29 is 28.6 Å². The number of hydrogen-bond acceptors (Lipinski definition) is 6. The molecule has 0 spiro atoms. The van der Waals surface area contributed by atoms with Gasteiger partial charge in [-0.3, -0.25) is 14.6 Å². The number of halogens is 1. The normalized spacial score (nSPS) is 18.9. The maximum atomic E-state index is 14.1. The van der Waals surface area contributed by atoms with Gasteiger partial charge in [0.1, 0.15) is 11.6 Å². The van der Waals surface area contributed by atoms with Crippen LogP contribution in [0.2, 0.25) is 0 Å². The first kappa shape index (κ1) is 19.7. The molecule has 2 aromatic carbocycles. The smallest absolute Gasteiger partial charge is 0.295 e. The standard InChI is InChI=1S/C24H17FN2O5/c25-17-5-1-4-15(9-17)21-20(22(28)16-6-7-18-19(10-16)32-13-31-18)23(29)24(30)27(21)12-14-3-2-8-26-11-14/h1-11,21,28H,12-13H2. The van der Waals surface area contributed by atoms with Crippen LogP contribution in [-0.2, 0) is 16.1 Å². The van der Waals surface area contributed by atoms with E-state index in [-0.39, 0.29) is 30.2 Å². The number of Topliss-reactive ketones (excluding diaryl/α,β-unsaturated/α-hetero) is 1. The molecule has 3 aromatic rings. The fourth-order valence-electron chi connectivity index (χ4n) is 3.95. The van der Waals surface area contributed by atoms with E-state index in [4.69, 9.17) is 9.47 Å². The molecule has 2 aliphatic heterocycles. The van der Waals surface area contributed by atoms with Crippen LogP contribution in [0.15, 0.2) is 72.6 Å². The molecule has 0 saturated carbocycles. The second-order valence-corrected chi connectivity index (χ2v) is 7.41. The number of fused-ring (bicyclic) bond motifs is 1. The van der Waals surface area contributed by atoms with Crippen LogP contribution in [0, 0.1) is 5.82 Å². The maximum Gasteiger partial charge on any atom is 0.295 e. The van der Waals surface area contributed by atoms with Crippen molar-refractivity contribution in [2.45, 2.75) is 12.6 Å². The number of nitrogens with zero attached hydrogens (tertiary/aromatic N) is 2. The number of amides is 1. The lowest BCUT2D eigenvalue weighted by molar-refractivity contribution is -0.140. The van der Waals surface area contributed by atoms with E-state index in [0.717, 1.165) is 0 Å². The minimum Gasteiger partial charge on any atom is -0.507 e. The first-order valence-corrected chi connectivity index (χ1v) is 9.86. The molecule has 1 amide bonds. The molecule has 7 nitrogen and oxygen atoms in total.